The van der Waals surface area contributed by atoms with E-state index in [1.807, 2.05) is 36.4 Å². The summed E-state index contributed by atoms with van der Waals surface area (Å²) >= 11 is 0. The second-order valence-corrected chi connectivity index (χ2v) is 16.2. The average Bonchev–Trinajstić information content (AvgIpc) is 3.34. The standard InChI is InChI=1S/C58H48N4/c1-5-41-22-16-17-29-48(41)49-38-47(35-34-42(49)6-2)58(46-27-14-9-15-28-46)50-30-18-20-32-52(50)62(53-33-21-19-31-51(53)58)54-39(3)36-45(37-40(54)4)57-60-55(43-23-10-7-11-24-43)59-56(61-57)44-25-12-8-13-26-44/h7-38H,5-6H2,1-4H3. The molecule has 0 fully saturated rings. The molecule has 1 aliphatic heterocycles. The lowest BCUT2D eigenvalue weighted by Gasteiger charge is -2.47. The quantitative estimate of drug-likeness (QED) is 0.146. The zero-order chi connectivity index (χ0) is 42.2. The minimum Gasteiger partial charge on any atom is -0.309 e. The summed E-state index contributed by atoms with van der Waals surface area (Å²) in [5.74, 6) is 1.95. The minimum absolute atomic E-state index is 0.610. The van der Waals surface area contributed by atoms with E-state index in [1.165, 1.54) is 44.5 Å². The molecule has 0 bridgehead atoms. The number of aromatic nitrogens is 3. The van der Waals surface area contributed by atoms with Gasteiger partial charge in [0.25, 0.3) is 0 Å². The summed E-state index contributed by atoms with van der Waals surface area (Å²) < 4.78 is 0. The number of benzene rings is 8. The molecule has 9 aromatic rings. The summed E-state index contributed by atoms with van der Waals surface area (Å²) in [6, 6.07) is 70.2. The summed E-state index contributed by atoms with van der Waals surface area (Å²) in [4.78, 5) is 17.6. The second-order valence-electron chi connectivity index (χ2n) is 16.2. The highest BCUT2D eigenvalue weighted by Gasteiger charge is 2.47. The lowest BCUT2D eigenvalue weighted by atomic mass is 9.62. The lowest BCUT2D eigenvalue weighted by molar-refractivity contribution is 0.730. The number of hydrogen-bond acceptors (Lipinski definition) is 4. The van der Waals surface area contributed by atoms with Gasteiger partial charge in [-0.2, -0.15) is 0 Å². The molecule has 0 spiro atoms. The third-order valence-electron chi connectivity index (χ3n) is 12.6. The molecule has 1 aliphatic rings. The molecule has 0 N–H and O–H groups in total. The Morgan fingerprint density at radius 2 is 0.855 bits per heavy atom. The van der Waals surface area contributed by atoms with Gasteiger partial charge in [-0.1, -0.05) is 178 Å². The number of hydrogen-bond donors (Lipinski definition) is 0. The van der Waals surface area contributed by atoms with Crippen molar-refractivity contribution in [3.8, 4) is 45.3 Å². The van der Waals surface area contributed by atoms with Crippen molar-refractivity contribution in [1.29, 1.82) is 0 Å². The Kier molecular flexibility index (Phi) is 10.1. The molecule has 2 heterocycles. The first-order valence-electron chi connectivity index (χ1n) is 21.7. The molecule has 0 atom stereocenters. The largest absolute Gasteiger partial charge is 0.309 e. The topological polar surface area (TPSA) is 41.9 Å². The van der Waals surface area contributed by atoms with Crippen LogP contribution in [-0.2, 0) is 18.3 Å². The van der Waals surface area contributed by atoms with E-state index in [4.69, 9.17) is 15.0 Å². The Morgan fingerprint density at radius 3 is 1.40 bits per heavy atom. The maximum Gasteiger partial charge on any atom is 0.164 e. The highest BCUT2D eigenvalue weighted by Crippen LogP contribution is 2.59. The molecular formula is C58H48N4. The van der Waals surface area contributed by atoms with Crippen molar-refractivity contribution in [3.63, 3.8) is 0 Å². The number of anilines is 3. The van der Waals surface area contributed by atoms with E-state index in [-0.39, 0.29) is 0 Å². The highest BCUT2D eigenvalue weighted by atomic mass is 15.2. The van der Waals surface area contributed by atoms with Gasteiger partial charge < -0.3 is 4.90 Å². The summed E-state index contributed by atoms with van der Waals surface area (Å²) in [6.45, 7) is 8.96. The maximum absolute atomic E-state index is 5.10. The van der Waals surface area contributed by atoms with Crippen LogP contribution in [0.15, 0.2) is 194 Å². The van der Waals surface area contributed by atoms with Crippen LogP contribution >= 0.6 is 0 Å². The molecule has 4 nitrogen and oxygen atoms in total. The van der Waals surface area contributed by atoms with Gasteiger partial charge in [0.15, 0.2) is 17.5 Å². The van der Waals surface area contributed by atoms with Gasteiger partial charge in [0.2, 0.25) is 0 Å². The van der Waals surface area contributed by atoms with E-state index in [0.717, 1.165) is 57.7 Å². The van der Waals surface area contributed by atoms with Crippen LogP contribution < -0.4 is 4.90 Å². The summed E-state index contributed by atoms with van der Waals surface area (Å²) in [6.07, 6.45) is 1.92. The molecule has 62 heavy (non-hydrogen) atoms. The number of rotatable bonds is 9. The average molecular weight is 801 g/mol. The molecule has 0 saturated carbocycles. The number of aryl methyl sites for hydroxylation is 4. The number of nitrogens with zero attached hydrogens (tertiary/aromatic N) is 4. The normalized spacial score (nSPS) is 12.7. The Labute approximate surface area is 365 Å². The fourth-order valence-corrected chi connectivity index (χ4v) is 9.80. The van der Waals surface area contributed by atoms with Gasteiger partial charge in [-0.3, -0.25) is 0 Å². The predicted octanol–water partition coefficient (Wildman–Crippen LogP) is 14.4. The third kappa shape index (κ3) is 6.51. The van der Waals surface area contributed by atoms with Crippen LogP contribution in [0, 0.1) is 13.8 Å². The summed E-state index contributed by atoms with van der Waals surface area (Å²) in [5.41, 5.74) is 18.3. The predicted molar refractivity (Wildman–Crippen MR) is 256 cm³/mol. The molecule has 10 rings (SSSR count). The van der Waals surface area contributed by atoms with Gasteiger partial charge in [0.1, 0.15) is 0 Å². The first-order valence-corrected chi connectivity index (χ1v) is 21.7. The molecule has 0 radical (unpaired) electrons. The number of para-hydroxylation sites is 2. The van der Waals surface area contributed by atoms with Crippen LogP contribution in [0.2, 0.25) is 0 Å². The molecule has 4 heteroatoms. The van der Waals surface area contributed by atoms with Gasteiger partial charge in [0.05, 0.1) is 22.5 Å². The van der Waals surface area contributed by atoms with Crippen LogP contribution in [0.3, 0.4) is 0 Å². The van der Waals surface area contributed by atoms with Crippen molar-refractivity contribution < 1.29 is 0 Å². The van der Waals surface area contributed by atoms with Crippen molar-refractivity contribution in [2.75, 3.05) is 4.90 Å². The van der Waals surface area contributed by atoms with E-state index in [1.54, 1.807) is 0 Å². The fraction of sp³-hybridized carbons (Fsp3) is 0.121. The fourth-order valence-electron chi connectivity index (χ4n) is 9.80. The van der Waals surface area contributed by atoms with Gasteiger partial charge in [-0.15, -0.1) is 0 Å². The van der Waals surface area contributed by atoms with Crippen molar-refractivity contribution in [1.82, 2.24) is 15.0 Å². The van der Waals surface area contributed by atoms with Crippen molar-refractivity contribution in [2.24, 2.45) is 0 Å². The molecule has 0 amide bonds. The van der Waals surface area contributed by atoms with Crippen LogP contribution in [-0.4, -0.2) is 15.0 Å². The van der Waals surface area contributed by atoms with Gasteiger partial charge in [0, 0.05) is 16.7 Å². The van der Waals surface area contributed by atoms with E-state index in [0.29, 0.717) is 17.5 Å². The van der Waals surface area contributed by atoms with E-state index in [9.17, 15) is 0 Å². The second kappa shape index (κ2) is 16.2. The Bertz CT molecular complexity index is 2940. The highest BCUT2D eigenvalue weighted by molar-refractivity contribution is 5.92. The van der Waals surface area contributed by atoms with Crippen LogP contribution in [0.4, 0.5) is 17.1 Å². The van der Waals surface area contributed by atoms with Gasteiger partial charge in [-0.25, -0.2) is 15.0 Å². The zero-order valence-corrected chi connectivity index (χ0v) is 35.7. The third-order valence-corrected chi connectivity index (χ3v) is 12.6. The molecule has 0 saturated heterocycles. The molecule has 0 aliphatic carbocycles. The maximum atomic E-state index is 5.10. The van der Waals surface area contributed by atoms with Gasteiger partial charge in [-0.05, 0) is 113 Å². The minimum atomic E-state index is -0.610. The van der Waals surface area contributed by atoms with Crippen molar-refractivity contribution in [3.05, 3.63) is 239 Å². The van der Waals surface area contributed by atoms with Crippen LogP contribution in [0.25, 0.3) is 45.3 Å². The van der Waals surface area contributed by atoms with E-state index in [2.05, 4.69) is 190 Å². The van der Waals surface area contributed by atoms with E-state index >= 15 is 0 Å². The first kappa shape index (κ1) is 38.8. The summed E-state index contributed by atoms with van der Waals surface area (Å²) in [7, 11) is 0. The molecule has 1 aromatic heterocycles. The van der Waals surface area contributed by atoms with Gasteiger partial charge >= 0.3 is 0 Å². The first-order chi connectivity index (χ1) is 30.5. The SMILES string of the molecule is CCc1ccccc1-c1cc(C2(c3ccccc3)c3ccccc3N(c3c(C)cc(-c4nc(-c5ccccc5)nc(-c5ccccc5)n4)cc3C)c3ccccc32)ccc1CC. The molecule has 300 valence electrons. The van der Waals surface area contributed by atoms with Crippen LogP contribution in [0.5, 0.6) is 0 Å². The monoisotopic (exact) mass is 800 g/mol. The zero-order valence-electron chi connectivity index (χ0n) is 35.7. The molecular weight excluding hydrogens is 753 g/mol. The van der Waals surface area contributed by atoms with Crippen molar-refractivity contribution >= 4 is 17.1 Å². The molecule has 8 aromatic carbocycles. The molecule has 0 unspecified atom stereocenters. The Hall–Kier alpha value is -7.43. The smallest absolute Gasteiger partial charge is 0.164 e. The van der Waals surface area contributed by atoms with Crippen LogP contribution in [0.1, 0.15) is 58.4 Å². The Balaban J connectivity index is 1.19. The van der Waals surface area contributed by atoms with E-state index < -0.39 is 5.41 Å². The number of fused-ring (bicyclic) bond motifs is 2. The van der Waals surface area contributed by atoms with Crippen molar-refractivity contribution in [2.45, 2.75) is 46.0 Å². The summed E-state index contributed by atoms with van der Waals surface area (Å²) in [5, 5.41) is 0. The lowest BCUT2D eigenvalue weighted by Crippen LogP contribution is -2.38. The Morgan fingerprint density at radius 1 is 0.403 bits per heavy atom.